The lowest BCUT2D eigenvalue weighted by Crippen LogP contribution is -2.20. The average molecular weight is 375 g/mol. The van der Waals surface area contributed by atoms with Crippen molar-refractivity contribution in [1.29, 1.82) is 0 Å². The van der Waals surface area contributed by atoms with E-state index in [0.717, 1.165) is 25.7 Å². The van der Waals surface area contributed by atoms with Crippen molar-refractivity contribution in [3.8, 4) is 0 Å². The van der Waals surface area contributed by atoms with Gasteiger partial charge in [-0.3, -0.25) is 0 Å². The Balaban J connectivity index is 1.82. The molecule has 1 aliphatic rings. The normalized spacial score (nSPS) is 27.0. The van der Waals surface area contributed by atoms with Gasteiger partial charge in [0.05, 0.1) is 18.3 Å². The van der Waals surface area contributed by atoms with E-state index in [9.17, 15) is 15.3 Å². The van der Waals surface area contributed by atoms with Crippen molar-refractivity contribution in [3.05, 3.63) is 60.2 Å². The lowest BCUT2D eigenvalue weighted by atomic mass is 9.89. The Morgan fingerprint density at radius 2 is 1.81 bits per heavy atom. The highest BCUT2D eigenvalue weighted by Gasteiger charge is 2.39. The maximum absolute atomic E-state index is 10.3. The van der Waals surface area contributed by atoms with Crippen LogP contribution in [0.3, 0.4) is 0 Å². The lowest BCUT2D eigenvalue weighted by Gasteiger charge is -2.19. The first-order valence-corrected chi connectivity index (χ1v) is 10.1. The minimum atomic E-state index is -0.564. The minimum absolute atomic E-state index is 0.0216. The summed E-state index contributed by atoms with van der Waals surface area (Å²) in [5.74, 6) is -0.153. The van der Waals surface area contributed by atoms with E-state index in [-0.39, 0.29) is 18.4 Å². The van der Waals surface area contributed by atoms with Gasteiger partial charge in [-0.1, -0.05) is 54.6 Å². The number of allylic oxidation sites excluding steroid dienone is 2. The van der Waals surface area contributed by atoms with Gasteiger partial charge >= 0.3 is 0 Å². The molecule has 4 N–H and O–H groups in total. The molecule has 0 saturated heterocycles. The van der Waals surface area contributed by atoms with Gasteiger partial charge in [-0.05, 0) is 50.0 Å². The number of hydrogen-bond acceptors (Lipinski definition) is 4. The fourth-order valence-electron chi connectivity index (χ4n) is 3.76. The topological polar surface area (TPSA) is 80.9 Å². The van der Waals surface area contributed by atoms with Crippen molar-refractivity contribution < 1.29 is 20.4 Å². The van der Waals surface area contributed by atoms with Crippen molar-refractivity contribution in [1.82, 2.24) is 0 Å². The Morgan fingerprint density at radius 3 is 2.56 bits per heavy atom. The number of aliphatic hydroxyl groups is 4. The van der Waals surface area contributed by atoms with Crippen LogP contribution in [0.25, 0.3) is 0 Å². The molecule has 0 spiro atoms. The second-order valence-electron chi connectivity index (χ2n) is 7.51. The first-order valence-electron chi connectivity index (χ1n) is 10.1. The van der Waals surface area contributed by atoms with Gasteiger partial charge in [-0.25, -0.2) is 0 Å². The molecule has 0 radical (unpaired) electrons. The van der Waals surface area contributed by atoms with E-state index >= 15 is 0 Å². The van der Waals surface area contributed by atoms with Crippen molar-refractivity contribution in [2.24, 2.45) is 11.8 Å². The van der Waals surface area contributed by atoms with Crippen LogP contribution in [0.1, 0.15) is 44.1 Å². The number of unbranched alkanes of at least 4 members (excludes halogenated alkanes) is 2. The molecule has 1 saturated carbocycles. The first kappa shape index (κ1) is 21.8. The Labute approximate surface area is 162 Å². The van der Waals surface area contributed by atoms with Crippen LogP contribution in [0.5, 0.6) is 0 Å². The number of aryl methyl sites for hydroxylation is 1. The molecule has 4 heteroatoms. The molecular weight excluding hydrogens is 340 g/mol. The summed E-state index contributed by atoms with van der Waals surface area (Å²) in [6.45, 7) is 0.223. The molecule has 5 atom stereocenters. The summed E-state index contributed by atoms with van der Waals surface area (Å²) in [5, 5.41) is 39.6. The molecule has 0 aliphatic heterocycles. The third kappa shape index (κ3) is 7.59. The zero-order chi connectivity index (χ0) is 19.5. The molecule has 1 aliphatic carbocycles. The quantitative estimate of drug-likeness (QED) is 0.355. The van der Waals surface area contributed by atoms with E-state index in [0.29, 0.717) is 19.3 Å². The summed E-state index contributed by atoms with van der Waals surface area (Å²) >= 11 is 0. The lowest BCUT2D eigenvalue weighted by molar-refractivity contribution is 0.120. The highest BCUT2D eigenvalue weighted by molar-refractivity contribution is 5.15. The van der Waals surface area contributed by atoms with E-state index < -0.39 is 18.3 Å². The number of rotatable bonds is 11. The van der Waals surface area contributed by atoms with Crippen LogP contribution in [-0.4, -0.2) is 45.3 Å². The van der Waals surface area contributed by atoms with Crippen molar-refractivity contribution in [3.63, 3.8) is 0 Å². The Kier molecular flexibility index (Phi) is 9.78. The summed E-state index contributed by atoms with van der Waals surface area (Å²) in [7, 11) is 0. The minimum Gasteiger partial charge on any atom is -0.396 e. The van der Waals surface area contributed by atoms with Crippen LogP contribution in [0.4, 0.5) is 0 Å². The molecule has 4 nitrogen and oxygen atoms in total. The van der Waals surface area contributed by atoms with Crippen molar-refractivity contribution in [2.75, 3.05) is 6.61 Å². The van der Waals surface area contributed by atoms with Crippen molar-refractivity contribution in [2.45, 2.75) is 63.3 Å². The molecule has 0 bridgehead atoms. The first-order chi connectivity index (χ1) is 13.1. The largest absolute Gasteiger partial charge is 0.396 e. The van der Waals surface area contributed by atoms with Gasteiger partial charge in [0.25, 0.3) is 0 Å². The molecule has 2 rings (SSSR count). The van der Waals surface area contributed by atoms with Crippen LogP contribution in [0, 0.1) is 11.8 Å². The summed E-state index contributed by atoms with van der Waals surface area (Å²) in [6.07, 6.45) is 11.4. The molecule has 0 aromatic heterocycles. The van der Waals surface area contributed by atoms with Crippen LogP contribution in [0.15, 0.2) is 54.6 Å². The van der Waals surface area contributed by atoms with E-state index in [1.165, 1.54) is 5.56 Å². The van der Waals surface area contributed by atoms with Gasteiger partial charge in [-0.15, -0.1) is 0 Å². The summed E-state index contributed by atoms with van der Waals surface area (Å²) < 4.78 is 0. The predicted molar refractivity (Wildman–Crippen MR) is 108 cm³/mol. The SMILES string of the molecule is OCCCC/C=C/C[C@@H]1[C@@H](/C=C/[C@@H](O)CCc2ccccc2)[C@H](O)C[C@@H]1O. The van der Waals surface area contributed by atoms with Gasteiger partial charge in [0.2, 0.25) is 0 Å². The monoisotopic (exact) mass is 374 g/mol. The molecule has 0 unspecified atom stereocenters. The predicted octanol–water partition coefficient (Wildman–Crippen LogP) is 3.00. The second-order valence-corrected chi connectivity index (χ2v) is 7.51. The number of hydrogen-bond donors (Lipinski definition) is 4. The maximum Gasteiger partial charge on any atom is 0.0724 e. The number of aliphatic hydroxyl groups excluding tert-OH is 4. The van der Waals surface area contributed by atoms with Gasteiger partial charge < -0.3 is 20.4 Å². The van der Waals surface area contributed by atoms with Gasteiger partial charge in [-0.2, -0.15) is 0 Å². The van der Waals surface area contributed by atoms with Crippen molar-refractivity contribution >= 4 is 0 Å². The fraction of sp³-hybridized carbons (Fsp3) is 0.565. The summed E-state index contributed by atoms with van der Waals surface area (Å²) in [5.41, 5.74) is 1.20. The molecule has 1 aromatic carbocycles. The van der Waals surface area contributed by atoms with Gasteiger partial charge in [0.1, 0.15) is 0 Å². The van der Waals surface area contributed by atoms with Crippen LogP contribution in [-0.2, 0) is 6.42 Å². The molecule has 0 heterocycles. The fourth-order valence-corrected chi connectivity index (χ4v) is 3.76. The Bertz CT molecular complexity index is 569. The summed E-state index contributed by atoms with van der Waals surface area (Å²) in [6, 6.07) is 10.1. The smallest absolute Gasteiger partial charge is 0.0724 e. The van der Waals surface area contributed by atoms with Crippen LogP contribution < -0.4 is 0 Å². The highest BCUT2D eigenvalue weighted by Crippen LogP contribution is 2.36. The molecular formula is C23H34O4. The van der Waals surface area contributed by atoms with Crippen LogP contribution in [0.2, 0.25) is 0 Å². The zero-order valence-corrected chi connectivity index (χ0v) is 16.0. The second kappa shape index (κ2) is 12.1. The molecule has 1 aromatic rings. The Morgan fingerprint density at radius 1 is 1.04 bits per heavy atom. The third-order valence-corrected chi connectivity index (χ3v) is 5.40. The Hall–Kier alpha value is -1.46. The van der Waals surface area contributed by atoms with E-state index in [1.54, 1.807) is 6.08 Å². The maximum atomic E-state index is 10.3. The molecule has 0 amide bonds. The standard InChI is InChI=1S/C23H34O4/c24-16-8-3-1-2-7-11-20-21(23(27)17-22(20)26)15-14-19(25)13-12-18-9-5-4-6-10-18/h2,4-7,9-10,14-15,19-27H,1,3,8,11-13,16-17H2/b7-2+,15-14+/t19-,20+,21+,22-,23+/m0/s1. The van der Waals surface area contributed by atoms with E-state index in [2.05, 4.69) is 24.3 Å². The van der Waals surface area contributed by atoms with E-state index in [4.69, 9.17) is 5.11 Å². The molecule has 150 valence electrons. The molecule has 1 fully saturated rings. The highest BCUT2D eigenvalue weighted by atomic mass is 16.3. The average Bonchev–Trinajstić information content (AvgIpc) is 2.94. The van der Waals surface area contributed by atoms with Crippen LogP contribution >= 0.6 is 0 Å². The van der Waals surface area contributed by atoms with E-state index in [1.807, 2.05) is 24.3 Å². The molecule has 27 heavy (non-hydrogen) atoms. The third-order valence-electron chi connectivity index (χ3n) is 5.40. The van der Waals surface area contributed by atoms with Gasteiger partial charge in [0.15, 0.2) is 0 Å². The number of benzene rings is 1. The summed E-state index contributed by atoms with van der Waals surface area (Å²) in [4.78, 5) is 0. The zero-order valence-electron chi connectivity index (χ0n) is 16.0. The van der Waals surface area contributed by atoms with Gasteiger partial charge in [0, 0.05) is 18.9 Å².